The second-order valence-electron chi connectivity index (χ2n) is 5.49. The van der Waals surface area contributed by atoms with Crippen LogP contribution in [0.15, 0.2) is 30.3 Å². The Bertz CT molecular complexity index is 628. The highest BCUT2D eigenvalue weighted by atomic mass is 31.1. The van der Waals surface area contributed by atoms with Crippen molar-refractivity contribution in [3.8, 4) is 0 Å². The van der Waals surface area contributed by atoms with E-state index in [1.54, 1.807) is 0 Å². The fraction of sp³-hybridized carbons (Fsp3) is 0.278. The number of carbonyl (C=O) groups is 1. The Morgan fingerprint density at radius 2 is 1.35 bits per heavy atom. The molecular weight excluding hydrogens is 263 g/mol. The molecule has 2 heteroatoms. The van der Waals surface area contributed by atoms with Gasteiger partial charge in [0.15, 0.2) is 5.52 Å². The Morgan fingerprint density at radius 3 is 1.85 bits per heavy atom. The maximum absolute atomic E-state index is 12.7. The van der Waals surface area contributed by atoms with Crippen molar-refractivity contribution in [2.75, 3.05) is 0 Å². The molecule has 0 heterocycles. The molecule has 0 N–H and O–H groups in total. The fourth-order valence-electron chi connectivity index (χ4n) is 2.73. The molecule has 104 valence electrons. The largest absolute Gasteiger partial charge is 0.289 e. The SMILES string of the molecule is Cc1cc(C)c(PC(=O)c2c(C)cccc2C)c(C)c1. The third-order valence-corrected chi connectivity index (χ3v) is 5.14. The van der Waals surface area contributed by atoms with Crippen LogP contribution in [-0.2, 0) is 0 Å². The monoisotopic (exact) mass is 284 g/mol. The van der Waals surface area contributed by atoms with Crippen molar-refractivity contribution in [2.24, 2.45) is 0 Å². The van der Waals surface area contributed by atoms with Crippen molar-refractivity contribution in [2.45, 2.75) is 34.6 Å². The maximum atomic E-state index is 12.7. The van der Waals surface area contributed by atoms with E-state index in [1.807, 2.05) is 32.0 Å². The minimum Gasteiger partial charge on any atom is -0.289 e. The van der Waals surface area contributed by atoms with Crippen molar-refractivity contribution >= 4 is 19.4 Å². The van der Waals surface area contributed by atoms with Crippen LogP contribution in [0.1, 0.15) is 38.2 Å². The van der Waals surface area contributed by atoms with E-state index in [-0.39, 0.29) is 14.1 Å². The number of benzene rings is 2. The van der Waals surface area contributed by atoms with Gasteiger partial charge >= 0.3 is 0 Å². The first kappa shape index (κ1) is 14.9. The summed E-state index contributed by atoms with van der Waals surface area (Å²) in [7, 11) is 0.204. The van der Waals surface area contributed by atoms with Crippen molar-refractivity contribution in [3.63, 3.8) is 0 Å². The predicted octanol–water partition coefficient (Wildman–Crippen LogP) is 4.37. The molecule has 0 radical (unpaired) electrons. The average molecular weight is 284 g/mol. The number of hydrogen-bond donors (Lipinski definition) is 0. The third kappa shape index (κ3) is 2.99. The number of aryl methyl sites for hydroxylation is 5. The number of carbonyl (C=O) groups excluding carboxylic acids is 1. The third-order valence-electron chi connectivity index (χ3n) is 3.62. The van der Waals surface area contributed by atoms with Gasteiger partial charge in [-0.1, -0.05) is 35.9 Å². The Balaban J connectivity index is 2.38. The van der Waals surface area contributed by atoms with E-state index >= 15 is 0 Å². The van der Waals surface area contributed by atoms with Gasteiger partial charge in [0, 0.05) is 5.56 Å². The lowest BCUT2D eigenvalue weighted by molar-refractivity contribution is 0.108. The van der Waals surface area contributed by atoms with Gasteiger partial charge in [-0.15, -0.1) is 0 Å². The summed E-state index contributed by atoms with van der Waals surface area (Å²) in [6.45, 7) is 10.3. The summed E-state index contributed by atoms with van der Waals surface area (Å²) in [4.78, 5) is 12.7. The zero-order valence-corrected chi connectivity index (χ0v) is 13.8. The molecule has 0 aromatic heterocycles. The first-order chi connectivity index (χ1) is 9.40. The van der Waals surface area contributed by atoms with Crippen LogP contribution in [0.2, 0.25) is 0 Å². The molecule has 0 aliphatic rings. The molecule has 0 saturated carbocycles. The van der Waals surface area contributed by atoms with Crippen molar-refractivity contribution in [1.29, 1.82) is 0 Å². The smallest absolute Gasteiger partial charge is 0.186 e. The van der Waals surface area contributed by atoms with Crippen LogP contribution < -0.4 is 5.30 Å². The van der Waals surface area contributed by atoms with Gasteiger partial charge in [0.2, 0.25) is 0 Å². The van der Waals surface area contributed by atoms with Gasteiger partial charge in [-0.2, -0.15) is 0 Å². The molecule has 0 amide bonds. The second-order valence-corrected chi connectivity index (χ2v) is 6.70. The summed E-state index contributed by atoms with van der Waals surface area (Å²) >= 11 is 0. The lowest BCUT2D eigenvalue weighted by Crippen LogP contribution is -2.10. The minimum absolute atomic E-state index is 0.204. The van der Waals surface area contributed by atoms with E-state index < -0.39 is 0 Å². The Hall–Kier alpha value is -1.46. The zero-order valence-electron chi connectivity index (χ0n) is 12.8. The minimum atomic E-state index is 0.204. The van der Waals surface area contributed by atoms with Gasteiger partial charge in [-0.25, -0.2) is 0 Å². The average Bonchev–Trinajstić information content (AvgIpc) is 2.33. The van der Waals surface area contributed by atoms with Crippen LogP contribution in [0.4, 0.5) is 0 Å². The highest BCUT2D eigenvalue weighted by Crippen LogP contribution is 2.26. The molecule has 0 fully saturated rings. The Kier molecular flexibility index (Phi) is 4.40. The standard InChI is InChI=1S/C18H21OP/c1-11-9-14(4)17(15(5)10-11)20-18(19)16-12(2)7-6-8-13(16)3/h6-10,20H,1-5H3. The van der Waals surface area contributed by atoms with E-state index in [0.29, 0.717) is 0 Å². The topological polar surface area (TPSA) is 17.1 Å². The van der Waals surface area contributed by atoms with E-state index in [4.69, 9.17) is 0 Å². The molecule has 20 heavy (non-hydrogen) atoms. The highest BCUT2D eigenvalue weighted by molar-refractivity contribution is 7.66. The van der Waals surface area contributed by atoms with Gasteiger partial charge < -0.3 is 0 Å². The van der Waals surface area contributed by atoms with Crippen LogP contribution in [0, 0.1) is 34.6 Å². The van der Waals surface area contributed by atoms with Gasteiger partial charge in [0.05, 0.1) is 0 Å². The van der Waals surface area contributed by atoms with Crippen LogP contribution in [0.3, 0.4) is 0 Å². The van der Waals surface area contributed by atoms with Gasteiger partial charge in [-0.05, 0) is 70.8 Å². The molecular formula is C18H21OP. The molecule has 1 atom stereocenters. The van der Waals surface area contributed by atoms with Crippen LogP contribution in [0.25, 0.3) is 0 Å². The molecule has 0 saturated heterocycles. The van der Waals surface area contributed by atoms with Crippen LogP contribution in [-0.4, -0.2) is 5.52 Å². The molecule has 1 nitrogen and oxygen atoms in total. The molecule has 0 spiro atoms. The molecule has 0 aliphatic heterocycles. The quantitative estimate of drug-likeness (QED) is 0.765. The summed E-state index contributed by atoms with van der Waals surface area (Å²) in [5, 5.41) is 1.20. The molecule has 2 aromatic carbocycles. The van der Waals surface area contributed by atoms with Gasteiger partial charge in [-0.3, -0.25) is 4.79 Å². The Labute approximate surface area is 123 Å². The van der Waals surface area contributed by atoms with E-state index in [1.165, 1.54) is 22.0 Å². The second kappa shape index (κ2) is 5.89. The summed E-state index contributed by atoms with van der Waals surface area (Å²) in [5.74, 6) is 0. The fourth-order valence-corrected chi connectivity index (χ4v) is 4.01. The van der Waals surface area contributed by atoms with Crippen molar-refractivity contribution < 1.29 is 4.79 Å². The lowest BCUT2D eigenvalue weighted by Gasteiger charge is -2.13. The van der Waals surface area contributed by atoms with Crippen molar-refractivity contribution in [1.82, 2.24) is 0 Å². The first-order valence-corrected chi connectivity index (χ1v) is 7.85. The summed E-state index contributed by atoms with van der Waals surface area (Å²) < 4.78 is 0. The number of hydrogen-bond acceptors (Lipinski definition) is 1. The molecule has 0 bridgehead atoms. The van der Waals surface area contributed by atoms with Crippen LogP contribution in [0.5, 0.6) is 0 Å². The van der Waals surface area contributed by atoms with Gasteiger partial charge in [0.25, 0.3) is 0 Å². The van der Waals surface area contributed by atoms with Crippen LogP contribution >= 0.6 is 8.58 Å². The first-order valence-electron chi connectivity index (χ1n) is 6.85. The lowest BCUT2D eigenvalue weighted by atomic mass is 10.0. The van der Waals surface area contributed by atoms with Gasteiger partial charge in [0.1, 0.15) is 0 Å². The molecule has 0 aliphatic carbocycles. The summed E-state index contributed by atoms with van der Waals surface area (Å²) in [6.07, 6.45) is 0. The Morgan fingerprint density at radius 1 is 0.850 bits per heavy atom. The molecule has 2 rings (SSSR count). The number of rotatable bonds is 3. The molecule has 1 unspecified atom stereocenters. The molecule has 2 aromatic rings. The highest BCUT2D eigenvalue weighted by Gasteiger charge is 2.15. The maximum Gasteiger partial charge on any atom is 0.186 e. The van der Waals surface area contributed by atoms with E-state index in [9.17, 15) is 4.79 Å². The zero-order chi connectivity index (χ0) is 14.9. The normalized spacial score (nSPS) is 11.2. The van der Waals surface area contributed by atoms with E-state index in [0.717, 1.165) is 16.7 Å². The summed E-state index contributed by atoms with van der Waals surface area (Å²) in [5.41, 5.74) is 6.99. The summed E-state index contributed by atoms with van der Waals surface area (Å²) in [6, 6.07) is 10.4. The predicted molar refractivity (Wildman–Crippen MR) is 88.8 cm³/mol. The van der Waals surface area contributed by atoms with E-state index in [2.05, 4.69) is 32.9 Å². The van der Waals surface area contributed by atoms with Crippen molar-refractivity contribution in [3.05, 3.63) is 63.7 Å².